The Balaban J connectivity index is 1.84. The highest BCUT2D eigenvalue weighted by Gasteiger charge is 2.44. The van der Waals surface area contributed by atoms with Crippen molar-refractivity contribution >= 4 is 10.0 Å². The molecular weight excluding hydrogens is 276 g/mol. The third kappa shape index (κ3) is 2.43. The van der Waals surface area contributed by atoms with Crippen molar-refractivity contribution in [1.82, 2.24) is 4.31 Å². The maximum Gasteiger partial charge on any atom is 0.243 e. The molecule has 1 saturated heterocycles. The summed E-state index contributed by atoms with van der Waals surface area (Å²) in [7, 11) is -1.94. The van der Waals surface area contributed by atoms with Gasteiger partial charge in [-0.1, -0.05) is 6.07 Å². The predicted octanol–water partition coefficient (Wildman–Crippen LogP) is 1.05. The summed E-state index contributed by atoms with van der Waals surface area (Å²) in [6, 6.07) is 6.56. The Labute approximate surface area is 119 Å². The summed E-state index contributed by atoms with van der Waals surface area (Å²) in [5.74, 6) is 1.49. The van der Waals surface area contributed by atoms with Crippen LogP contribution in [0.25, 0.3) is 0 Å². The van der Waals surface area contributed by atoms with E-state index >= 15 is 0 Å². The van der Waals surface area contributed by atoms with Crippen molar-refractivity contribution in [1.29, 1.82) is 0 Å². The van der Waals surface area contributed by atoms with Crippen LogP contribution in [0.4, 0.5) is 0 Å². The molecule has 0 radical (unpaired) electrons. The summed E-state index contributed by atoms with van der Waals surface area (Å²) in [5.41, 5.74) is 6.11. The first-order valence-corrected chi connectivity index (χ1v) is 8.36. The Morgan fingerprint density at radius 3 is 2.70 bits per heavy atom. The first-order chi connectivity index (χ1) is 9.52. The fourth-order valence-electron chi connectivity index (χ4n) is 2.95. The van der Waals surface area contributed by atoms with Crippen LogP contribution in [0.3, 0.4) is 0 Å². The Morgan fingerprint density at radius 2 is 2.05 bits per heavy atom. The van der Waals surface area contributed by atoms with Crippen LogP contribution in [0.1, 0.15) is 12.8 Å². The van der Waals surface area contributed by atoms with Crippen LogP contribution in [-0.4, -0.2) is 39.0 Å². The lowest BCUT2D eigenvalue weighted by Gasteiger charge is -2.16. The van der Waals surface area contributed by atoms with Gasteiger partial charge in [-0.2, -0.15) is 4.31 Å². The average Bonchev–Trinajstić information content (AvgIpc) is 3.21. The molecule has 20 heavy (non-hydrogen) atoms. The van der Waals surface area contributed by atoms with Gasteiger partial charge in [0.05, 0.1) is 12.0 Å². The molecule has 6 heteroatoms. The van der Waals surface area contributed by atoms with Crippen molar-refractivity contribution in [2.24, 2.45) is 17.6 Å². The van der Waals surface area contributed by atoms with E-state index in [0.29, 0.717) is 30.7 Å². The van der Waals surface area contributed by atoms with Gasteiger partial charge in [0.15, 0.2) is 0 Å². The summed E-state index contributed by atoms with van der Waals surface area (Å²) in [6.45, 7) is 0.964. The van der Waals surface area contributed by atoms with Gasteiger partial charge in [-0.25, -0.2) is 8.42 Å². The maximum absolute atomic E-state index is 12.7. The Kier molecular flexibility index (Phi) is 3.48. The molecule has 2 N–H and O–H groups in total. The van der Waals surface area contributed by atoms with Crippen molar-refractivity contribution in [2.75, 3.05) is 20.2 Å². The number of ether oxygens (including phenoxy) is 1. The number of benzene rings is 1. The number of methoxy groups -OCH3 is 1. The van der Waals surface area contributed by atoms with Crippen LogP contribution >= 0.6 is 0 Å². The van der Waals surface area contributed by atoms with Crippen molar-refractivity contribution in [3.8, 4) is 5.75 Å². The SMILES string of the molecule is COc1cccc(S(=O)(=O)N2C[C@@H](N)[C@H](C3CC3)C2)c1. The van der Waals surface area contributed by atoms with E-state index in [9.17, 15) is 8.42 Å². The summed E-state index contributed by atoms with van der Waals surface area (Å²) in [5, 5.41) is 0. The van der Waals surface area contributed by atoms with E-state index in [1.54, 1.807) is 24.3 Å². The number of sulfonamides is 1. The predicted molar refractivity (Wildman–Crippen MR) is 75.9 cm³/mol. The molecule has 0 unspecified atom stereocenters. The lowest BCUT2D eigenvalue weighted by molar-refractivity contribution is 0.411. The number of hydrogen-bond donors (Lipinski definition) is 1. The minimum atomic E-state index is -3.47. The molecule has 5 nitrogen and oxygen atoms in total. The second-order valence-corrected chi connectivity index (χ2v) is 7.60. The Bertz CT molecular complexity index is 598. The molecule has 0 aromatic heterocycles. The zero-order valence-corrected chi connectivity index (χ0v) is 12.3. The standard InChI is InChI=1S/C14H20N2O3S/c1-19-11-3-2-4-12(7-11)20(17,18)16-8-13(10-5-6-10)14(15)9-16/h2-4,7,10,13-14H,5-6,8-9,15H2,1H3/t13-,14+/m0/s1. The molecule has 110 valence electrons. The molecule has 0 bridgehead atoms. The van der Waals surface area contributed by atoms with E-state index in [1.165, 1.54) is 24.3 Å². The largest absolute Gasteiger partial charge is 0.497 e. The third-order valence-electron chi connectivity index (χ3n) is 4.29. The van der Waals surface area contributed by atoms with Gasteiger partial charge >= 0.3 is 0 Å². The topological polar surface area (TPSA) is 72.6 Å². The highest BCUT2D eigenvalue weighted by atomic mass is 32.2. The van der Waals surface area contributed by atoms with Gasteiger partial charge < -0.3 is 10.5 Å². The molecule has 1 heterocycles. The lowest BCUT2D eigenvalue weighted by atomic mass is 9.99. The van der Waals surface area contributed by atoms with E-state index in [2.05, 4.69) is 0 Å². The first kappa shape index (κ1) is 13.9. The van der Waals surface area contributed by atoms with Gasteiger partial charge in [0.2, 0.25) is 10.0 Å². The van der Waals surface area contributed by atoms with Crippen molar-refractivity contribution < 1.29 is 13.2 Å². The summed E-state index contributed by atoms with van der Waals surface area (Å²) < 4.78 is 31.9. The molecule has 1 aliphatic heterocycles. The van der Waals surface area contributed by atoms with E-state index in [1.807, 2.05) is 0 Å². The van der Waals surface area contributed by atoms with E-state index in [4.69, 9.17) is 10.5 Å². The van der Waals surface area contributed by atoms with Crippen molar-refractivity contribution in [2.45, 2.75) is 23.8 Å². The molecule has 1 aromatic rings. The van der Waals surface area contributed by atoms with E-state index < -0.39 is 10.0 Å². The smallest absolute Gasteiger partial charge is 0.243 e. The fraction of sp³-hybridized carbons (Fsp3) is 0.571. The van der Waals surface area contributed by atoms with Crippen molar-refractivity contribution in [3.63, 3.8) is 0 Å². The molecule has 1 aromatic carbocycles. The second-order valence-electron chi connectivity index (χ2n) is 5.67. The van der Waals surface area contributed by atoms with E-state index in [0.717, 1.165) is 0 Å². The zero-order valence-electron chi connectivity index (χ0n) is 11.5. The van der Waals surface area contributed by atoms with Crippen LogP contribution in [0.5, 0.6) is 5.75 Å². The number of hydrogen-bond acceptors (Lipinski definition) is 4. The summed E-state index contributed by atoms with van der Waals surface area (Å²) in [6.07, 6.45) is 2.37. The van der Waals surface area contributed by atoms with Crippen molar-refractivity contribution in [3.05, 3.63) is 24.3 Å². The van der Waals surface area contributed by atoms with Gasteiger partial charge in [0.1, 0.15) is 5.75 Å². The lowest BCUT2D eigenvalue weighted by Crippen LogP contribution is -2.32. The van der Waals surface area contributed by atoms with Gasteiger partial charge in [0.25, 0.3) is 0 Å². The molecule has 2 fully saturated rings. The quantitative estimate of drug-likeness (QED) is 0.901. The minimum Gasteiger partial charge on any atom is -0.497 e. The van der Waals surface area contributed by atoms with Gasteiger partial charge in [-0.3, -0.25) is 0 Å². The molecule has 3 rings (SSSR count). The highest BCUT2D eigenvalue weighted by Crippen LogP contribution is 2.42. The highest BCUT2D eigenvalue weighted by molar-refractivity contribution is 7.89. The number of rotatable bonds is 4. The van der Waals surface area contributed by atoms with E-state index in [-0.39, 0.29) is 10.9 Å². The molecule has 2 aliphatic rings. The average molecular weight is 296 g/mol. The third-order valence-corrected chi connectivity index (χ3v) is 6.11. The van der Waals surface area contributed by atoms with Crippen LogP contribution < -0.4 is 10.5 Å². The zero-order chi connectivity index (χ0) is 14.3. The molecule has 1 saturated carbocycles. The summed E-state index contributed by atoms with van der Waals surface area (Å²) >= 11 is 0. The Hall–Kier alpha value is -1.11. The minimum absolute atomic E-state index is 0.0390. The number of nitrogens with two attached hydrogens (primary N) is 1. The molecular formula is C14H20N2O3S. The molecule has 2 atom stereocenters. The molecule has 1 aliphatic carbocycles. The Morgan fingerprint density at radius 1 is 1.30 bits per heavy atom. The van der Waals surface area contributed by atoms with Gasteiger partial charge in [-0.05, 0) is 36.8 Å². The molecule has 0 amide bonds. The first-order valence-electron chi connectivity index (χ1n) is 6.92. The number of nitrogens with zero attached hydrogens (tertiary/aromatic N) is 1. The van der Waals surface area contributed by atoms with Crippen LogP contribution in [0.15, 0.2) is 29.2 Å². The van der Waals surface area contributed by atoms with Crippen LogP contribution in [0, 0.1) is 11.8 Å². The molecule has 0 spiro atoms. The van der Waals surface area contributed by atoms with Gasteiger partial charge in [0, 0.05) is 25.2 Å². The maximum atomic E-state index is 12.7. The fourth-order valence-corrected chi connectivity index (χ4v) is 4.50. The van der Waals surface area contributed by atoms with Crippen LogP contribution in [0.2, 0.25) is 0 Å². The second kappa shape index (κ2) is 5.02. The van der Waals surface area contributed by atoms with Gasteiger partial charge in [-0.15, -0.1) is 0 Å². The van der Waals surface area contributed by atoms with Crippen LogP contribution in [-0.2, 0) is 10.0 Å². The monoisotopic (exact) mass is 296 g/mol. The normalized spacial score (nSPS) is 27.7. The summed E-state index contributed by atoms with van der Waals surface area (Å²) in [4.78, 5) is 0.278.